The van der Waals surface area contributed by atoms with Crippen LogP contribution in [0.3, 0.4) is 0 Å². The van der Waals surface area contributed by atoms with Gasteiger partial charge in [0.05, 0.1) is 0 Å². The van der Waals surface area contributed by atoms with Crippen LogP contribution < -0.4 is 3.58 Å². The van der Waals surface area contributed by atoms with Crippen LogP contribution in [0.5, 0.6) is 0 Å². The molecule has 5 heteroatoms. The number of sulfone groups is 1. The third-order valence-corrected chi connectivity index (χ3v) is 11.0. The molecule has 0 unspecified atom stereocenters. The molecule has 1 aliphatic carbocycles. The Morgan fingerprint density at radius 3 is 2.05 bits per heavy atom. The summed E-state index contributed by atoms with van der Waals surface area (Å²) in [4.78, 5) is 19.7. The summed E-state index contributed by atoms with van der Waals surface area (Å²) >= 11 is -2.22. The Balaban J connectivity index is 2.23. The molecule has 3 rings (SSSR count). The van der Waals surface area contributed by atoms with Gasteiger partial charge >= 0.3 is 135 Å². The Morgan fingerprint density at radius 2 is 1.45 bits per heavy atom. The summed E-state index contributed by atoms with van der Waals surface area (Å²) < 4.78 is 24.8. The number of carbonyl (C=O) groups is 1. The van der Waals surface area contributed by atoms with Crippen molar-refractivity contribution in [1.29, 1.82) is 0 Å². The van der Waals surface area contributed by atoms with Crippen LogP contribution in [-0.4, -0.2) is 38.8 Å². The molecule has 0 amide bonds. The van der Waals surface area contributed by atoms with Gasteiger partial charge in [-0.05, 0) is 0 Å². The monoisotopic (exact) mass is 422 g/mol. The Kier molecular flexibility index (Phi) is 3.53. The van der Waals surface area contributed by atoms with Crippen molar-refractivity contribution in [2.24, 2.45) is 0 Å². The van der Waals surface area contributed by atoms with Crippen LogP contribution in [0.1, 0.15) is 15.9 Å². The minimum absolute atomic E-state index is 0.0776. The number of carbonyl (C=O) groups excluding carboxylic acids is 1. The number of benzene rings is 2. The molecule has 3 nitrogen and oxygen atoms in total. The van der Waals surface area contributed by atoms with Crippen molar-refractivity contribution >= 4 is 37.6 Å². The molecular formula is C17H18O3SSn. The van der Waals surface area contributed by atoms with Crippen LogP contribution in [-0.2, 0) is 9.84 Å². The van der Waals surface area contributed by atoms with Crippen molar-refractivity contribution in [2.75, 3.05) is 6.26 Å². The molecule has 114 valence electrons. The van der Waals surface area contributed by atoms with Crippen LogP contribution in [0.15, 0.2) is 41.3 Å². The summed E-state index contributed by atoms with van der Waals surface area (Å²) in [7, 11) is -3.31. The van der Waals surface area contributed by atoms with Gasteiger partial charge in [-0.15, -0.1) is 0 Å². The van der Waals surface area contributed by atoms with Crippen molar-refractivity contribution in [1.82, 2.24) is 0 Å². The van der Waals surface area contributed by atoms with E-state index in [1.165, 1.54) is 9.65 Å². The Morgan fingerprint density at radius 1 is 0.818 bits per heavy atom. The number of hydrogen-bond acceptors (Lipinski definition) is 3. The fraction of sp³-hybridized carbons (Fsp3) is 0.235. The second-order valence-corrected chi connectivity index (χ2v) is 23.3. The summed E-state index contributed by atoms with van der Waals surface area (Å²) in [6, 6.07) is 11.0. The zero-order chi connectivity index (χ0) is 16.3. The molecule has 0 saturated carbocycles. The summed E-state index contributed by atoms with van der Waals surface area (Å²) in [6.07, 6.45) is 1.16. The zero-order valence-electron chi connectivity index (χ0n) is 13.1. The summed E-state index contributed by atoms with van der Waals surface area (Å²) in [5.74, 6) is -0.0776. The number of rotatable bonds is 2. The van der Waals surface area contributed by atoms with Gasteiger partial charge in [0.1, 0.15) is 0 Å². The molecule has 22 heavy (non-hydrogen) atoms. The quantitative estimate of drug-likeness (QED) is 0.599. The molecule has 1 aliphatic rings. The number of fused-ring (bicyclic) bond motifs is 3. The first-order valence-corrected chi connectivity index (χ1v) is 19.0. The van der Waals surface area contributed by atoms with Gasteiger partial charge in [-0.2, -0.15) is 0 Å². The van der Waals surface area contributed by atoms with Crippen LogP contribution >= 0.6 is 0 Å². The predicted octanol–water partition coefficient (Wildman–Crippen LogP) is 2.85. The average Bonchev–Trinajstić information content (AvgIpc) is 2.70. The SMILES string of the molecule is CS(=O)(=O)c1ccc2c(c1)C(=O)c1cc[c]([Sn]([CH3])([CH3])[CH3])cc1-2. The fourth-order valence-electron chi connectivity index (χ4n) is 2.75. The number of hydrogen-bond donors (Lipinski definition) is 0. The Labute approximate surface area is 135 Å². The van der Waals surface area contributed by atoms with Crippen molar-refractivity contribution in [3.05, 3.63) is 47.5 Å². The van der Waals surface area contributed by atoms with Gasteiger partial charge in [0.2, 0.25) is 0 Å². The van der Waals surface area contributed by atoms with E-state index in [1.807, 2.05) is 6.07 Å². The maximum absolute atomic E-state index is 12.6. The van der Waals surface area contributed by atoms with Gasteiger partial charge in [-0.1, -0.05) is 0 Å². The van der Waals surface area contributed by atoms with E-state index in [1.54, 1.807) is 12.1 Å². The van der Waals surface area contributed by atoms with Gasteiger partial charge in [0.25, 0.3) is 0 Å². The maximum atomic E-state index is 12.6. The van der Waals surface area contributed by atoms with Crippen LogP contribution in [0, 0.1) is 0 Å². The summed E-state index contributed by atoms with van der Waals surface area (Å²) in [5.41, 5.74) is 2.98. The van der Waals surface area contributed by atoms with Crippen molar-refractivity contribution in [2.45, 2.75) is 19.7 Å². The molecule has 0 saturated heterocycles. The van der Waals surface area contributed by atoms with E-state index in [-0.39, 0.29) is 10.7 Å². The van der Waals surface area contributed by atoms with Crippen LogP contribution in [0.4, 0.5) is 0 Å². The van der Waals surface area contributed by atoms with E-state index >= 15 is 0 Å². The second kappa shape index (κ2) is 4.93. The molecule has 2 aromatic rings. The molecule has 0 atom stereocenters. The fourth-order valence-corrected chi connectivity index (χ4v) is 6.71. The van der Waals surface area contributed by atoms with Gasteiger partial charge in [0, 0.05) is 0 Å². The molecule has 0 N–H and O–H groups in total. The molecular weight excluding hydrogens is 403 g/mol. The van der Waals surface area contributed by atoms with E-state index in [0.29, 0.717) is 11.1 Å². The summed E-state index contributed by atoms with van der Waals surface area (Å²) in [5, 5.41) is 0. The molecule has 0 bridgehead atoms. The third kappa shape index (κ3) is 2.52. The van der Waals surface area contributed by atoms with Crippen molar-refractivity contribution in [3.8, 4) is 11.1 Å². The van der Waals surface area contributed by atoms with Gasteiger partial charge in [-0.25, -0.2) is 0 Å². The van der Waals surface area contributed by atoms with E-state index in [4.69, 9.17) is 0 Å². The minimum atomic E-state index is -3.31. The van der Waals surface area contributed by atoms with E-state index < -0.39 is 28.2 Å². The first kappa shape index (κ1) is 15.7. The first-order valence-electron chi connectivity index (χ1n) is 7.13. The Bertz CT molecular complexity index is 906. The van der Waals surface area contributed by atoms with E-state index in [0.717, 1.165) is 17.4 Å². The van der Waals surface area contributed by atoms with E-state index in [2.05, 4.69) is 27.0 Å². The van der Waals surface area contributed by atoms with Crippen LogP contribution in [0.25, 0.3) is 11.1 Å². The Hall–Kier alpha value is -1.14. The van der Waals surface area contributed by atoms with Crippen molar-refractivity contribution in [3.63, 3.8) is 0 Å². The van der Waals surface area contributed by atoms with E-state index in [9.17, 15) is 13.2 Å². The van der Waals surface area contributed by atoms with Gasteiger partial charge in [-0.3, -0.25) is 0 Å². The average molecular weight is 421 g/mol. The molecule has 0 aromatic heterocycles. The van der Waals surface area contributed by atoms with Crippen LogP contribution in [0.2, 0.25) is 14.8 Å². The first-order chi connectivity index (χ1) is 10.1. The van der Waals surface area contributed by atoms with Crippen molar-refractivity contribution < 1.29 is 13.2 Å². The topological polar surface area (TPSA) is 51.2 Å². The molecule has 2 aromatic carbocycles. The molecule has 0 aliphatic heterocycles. The molecule has 0 spiro atoms. The third-order valence-electron chi connectivity index (χ3n) is 4.08. The molecule has 0 heterocycles. The molecule has 0 fully saturated rings. The summed E-state index contributed by atoms with van der Waals surface area (Å²) in [6.45, 7) is 0. The normalized spacial score (nSPS) is 13.9. The number of ketones is 1. The zero-order valence-corrected chi connectivity index (χ0v) is 16.8. The second-order valence-electron chi connectivity index (χ2n) is 6.82. The standard InChI is InChI=1S/C14H9O3S.3CH3.Sn/c1-18(16,17)9-6-7-11-10-4-2-3-5-12(10)14(15)13(11)8-9;;;;/h3-8H,1H3;3*1H3;. The van der Waals surface area contributed by atoms with Gasteiger partial charge < -0.3 is 0 Å². The van der Waals surface area contributed by atoms with Gasteiger partial charge in [0.15, 0.2) is 0 Å². The molecule has 0 radical (unpaired) electrons. The predicted molar refractivity (Wildman–Crippen MR) is 91.4 cm³/mol.